The zero-order valence-corrected chi connectivity index (χ0v) is 12.8. The van der Waals surface area contributed by atoms with Crippen molar-refractivity contribution in [3.8, 4) is 0 Å². The lowest BCUT2D eigenvalue weighted by Gasteiger charge is -2.44. The standard InChI is InChI=1S/C8H20OSi2.2ClH/c1-8-6-7-10(2,3)11(4,5)9-8;;/h8H,6-7H2,1-5H3;2*1H. The predicted octanol–water partition coefficient (Wildman–Crippen LogP) is 3.63. The molecule has 0 aromatic carbocycles. The summed E-state index contributed by atoms with van der Waals surface area (Å²) in [6.07, 6.45) is 1.84. The molecule has 1 saturated heterocycles. The van der Waals surface area contributed by atoms with Crippen LogP contribution in [-0.2, 0) is 4.43 Å². The van der Waals surface area contributed by atoms with E-state index in [0.717, 1.165) is 0 Å². The first-order valence-electron chi connectivity index (χ1n) is 4.53. The van der Waals surface area contributed by atoms with Crippen molar-refractivity contribution in [2.75, 3.05) is 0 Å². The minimum Gasteiger partial charge on any atom is -0.417 e. The molecule has 1 unspecified atom stereocenters. The van der Waals surface area contributed by atoms with Gasteiger partial charge in [-0.2, -0.15) is 0 Å². The van der Waals surface area contributed by atoms with Gasteiger partial charge in [0, 0.05) is 6.10 Å². The molecule has 1 nitrogen and oxygen atoms in total. The van der Waals surface area contributed by atoms with Crippen LogP contribution in [0.2, 0.25) is 32.2 Å². The van der Waals surface area contributed by atoms with Crippen molar-refractivity contribution in [3.63, 3.8) is 0 Å². The van der Waals surface area contributed by atoms with Crippen molar-refractivity contribution in [1.29, 1.82) is 0 Å². The first-order valence-corrected chi connectivity index (χ1v) is 11.6. The average molecular weight is 261 g/mol. The van der Waals surface area contributed by atoms with Crippen LogP contribution in [0.3, 0.4) is 0 Å². The lowest BCUT2D eigenvalue weighted by Crippen LogP contribution is -2.61. The molecule has 82 valence electrons. The van der Waals surface area contributed by atoms with Crippen LogP contribution in [0.15, 0.2) is 0 Å². The van der Waals surface area contributed by atoms with Gasteiger partial charge in [0.1, 0.15) is 0 Å². The van der Waals surface area contributed by atoms with Crippen LogP contribution in [0.1, 0.15) is 13.3 Å². The summed E-state index contributed by atoms with van der Waals surface area (Å²) in [5.41, 5.74) is 0. The van der Waals surface area contributed by atoms with E-state index in [0.29, 0.717) is 6.10 Å². The van der Waals surface area contributed by atoms with Crippen LogP contribution in [0.5, 0.6) is 0 Å². The van der Waals surface area contributed by atoms with E-state index in [4.69, 9.17) is 4.43 Å². The first-order chi connectivity index (χ1) is 4.85. The van der Waals surface area contributed by atoms with Crippen LogP contribution in [0.4, 0.5) is 0 Å². The molecule has 0 saturated carbocycles. The molecule has 0 bridgehead atoms. The Morgan fingerprint density at radius 2 is 1.54 bits per heavy atom. The normalized spacial score (nSPS) is 29.8. The Hall–Kier alpha value is 0.974. The molecule has 1 atom stereocenters. The van der Waals surface area contributed by atoms with Gasteiger partial charge < -0.3 is 4.43 Å². The molecule has 1 heterocycles. The SMILES string of the molecule is CC1CC[Si](C)(C)[Si](C)(C)O1.Cl.Cl. The molecule has 0 spiro atoms. The van der Waals surface area contributed by atoms with Gasteiger partial charge in [0.2, 0.25) is 0 Å². The van der Waals surface area contributed by atoms with Gasteiger partial charge in [-0.15, -0.1) is 24.8 Å². The number of rotatable bonds is 0. The van der Waals surface area contributed by atoms with Gasteiger partial charge >= 0.3 is 0 Å². The van der Waals surface area contributed by atoms with Crippen LogP contribution in [0.25, 0.3) is 0 Å². The minimum absolute atomic E-state index is 0. The molecule has 0 aliphatic carbocycles. The van der Waals surface area contributed by atoms with E-state index in [-0.39, 0.29) is 24.8 Å². The molecule has 1 fully saturated rings. The molecule has 1 aliphatic rings. The molecular formula is C8H22Cl2OSi2. The number of halogens is 2. The van der Waals surface area contributed by atoms with Crippen LogP contribution >= 0.6 is 24.8 Å². The van der Waals surface area contributed by atoms with E-state index in [1.807, 2.05) is 0 Å². The molecule has 0 amide bonds. The van der Waals surface area contributed by atoms with Crippen molar-refractivity contribution in [1.82, 2.24) is 0 Å². The van der Waals surface area contributed by atoms with Crippen LogP contribution in [-0.4, -0.2) is 21.5 Å². The highest BCUT2D eigenvalue weighted by Crippen LogP contribution is 2.32. The smallest absolute Gasteiger partial charge is 0.174 e. The summed E-state index contributed by atoms with van der Waals surface area (Å²) in [6, 6.07) is 1.48. The Morgan fingerprint density at radius 3 is 1.85 bits per heavy atom. The summed E-state index contributed by atoms with van der Waals surface area (Å²) in [5, 5.41) is 0. The zero-order valence-electron chi connectivity index (χ0n) is 9.22. The molecule has 0 aromatic rings. The second-order valence-electron chi connectivity index (χ2n) is 4.86. The third-order valence-corrected chi connectivity index (χ3v) is 20.0. The number of hydrogen-bond acceptors (Lipinski definition) is 1. The third-order valence-electron chi connectivity index (χ3n) is 3.30. The highest BCUT2D eigenvalue weighted by Gasteiger charge is 2.46. The van der Waals surface area contributed by atoms with E-state index in [9.17, 15) is 0 Å². The Morgan fingerprint density at radius 1 is 1.08 bits per heavy atom. The second kappa shape index (κ2) is 5.17. The zero-order chi connectivity index (χ0) is 8.70. The van der Waals surface area contributed by atoms with Crippen molar-refractivity contribution in [2.45, 2.75) is 51.7 Å². The largest absolute Gasteiger partial charge is 0.417 e. The molecule has 0 N–H and O–H groups in total. The lowest BCUT2D eigenvalue weighted by atomic mass is 10.3. The summed E-state index contributed by atoms with van der Waals surface area (Å²) < 4.78 is 6.09. The maximum absolute atomic E-state index is 6.09. The fourth-order valence-electron chi connectivity index (χ4n) is 1.59. The first kappa shape index (κ1) is 16.4. The lowest BCUT2D eigenvalue weighted by molar-refractivity contribution is 0.206. The summed E-state index contributed by atoms with van der Waals surface area (Å²) in [6.45, 7) is 12.0. The highest BCUT2D eigenvalue weighted by molar-refractivity contribution is 7.38. The molecule has 1 rings (SSSR count). The van der Waals surface area contributed by atoms with Crippen LogP contribution < -0.4 is 0 Å². The van der Waals surface area contributed by atoms with E-state index in [2.05, 4.69) is 33.1 Å². The second-order valence-corrected chi connectivity index (χ2v) is 20.1. The van der Waals surface area contributed by atoms with Crippen molar-refractivity contribution in [3.05, 3.63) is 0 Å². The molecule has 5 heteroatoms. The molecule has 1 aliphatic heterocycles. The monoisotopic (exact) mass is 260 g/mol. The predicted molar refractivity (Wildman–Crippen MR) is 69.4 cm³/mol. The highest BCUT2D eigenvalue weighted by atomic mass is 35.5. The Bertz CT molecular complexity index is 162. The fraction of sp³-hybridized carbons (Fsp3) is 1.00. The maximum atomic E-state index is 6.09. The third kappa shape index (κ3) is 3.55. The summed E-state index contributed by atoms with van der Waals surface area (Å²) in [7, 11) is -2.19. The van der Waals surface area contributed by atoms with E-state index < -0.39 is 15.4 Å². The van der Waals surface area contributed by atoms with Gasteiger partial charge in [-0.25, -0.2) is 0 Å². The average Bonchev–Trinajstić information content (AvgIpc) is 1.80. The Labute approximate surface area is 96.4 Å². The Balaban J connectivity index is 0. The Kier molecular flexibility index (Phi) is 6.52. The molecule has 0 radical (unpaired) electrons. The van der Waals surface area contributed by atoms with E-state index >= 15 is 0 Å². The van der Waals surface area contributed by atoms with E-state index in [1.165, 1.54) is 12.5 Å². The van der Waals surface area contributed by atoms with Gasteiger partial charge in [-0.1, -0.05) is 19.1 Å². The van der Waals surface area contributed by atoms with Crippen molar-refractivity contribution >= 4 is 40.2 Å². The number of hydrogen-bond donors (Lipinski definition) is 0. The molecular weight excluding hydrogens is 239 g/mol. The van der Waals surface area contributed by atoms with Gasteiger partial charge in [-0.05, 0) is 26.4 Å². The summed E-state index contributed by atoms with van der Waals surface area (Å²) >= 11 is 0. The summed E-state index contributed by atoms with van der Waals surface area (Å²) in [5.74, 6) is 0. The van der Waals surface area contributed by atoms with Crippen molar-refractivity contribution in [2.24, 2.45) is 0 Å². The van der Waals surface area contributed by atoms with Gasteiger partial charge in [0.25, 0.3) is 0 Å². The topological polar surface area (TPSA) is 9.23 Å². The molecule has 0 aromatic heterocycles. The maximum Gasteiger partial charge on any atom is 0.174 e. The van der Waals surface area contributed by atoms with Gasteiger partial charge in [0.05, 0.1) is 7.59 Å². The van der Waals surface area contributed by atoms with Crippen LogP contribution in [0, 0.1) is 0 Å². The summed E-state index contributed by atoms with van der Waals surface area (Å²) in [4.78, 5) is 0. The molecule has 13 heavy (non-hydrogen) atoms. The minimum atomic E-state index is -1.24. The van der Waals surface area contributed by atoms with Gasteiger partial charge in [-0.3, -0.25) is 0 Å². The van der Waals surface area contributed by atoms with Crippen molar-refractivity contribution < 1.29 is 4.43 Å². The fourth-order valence-corrected chi connectivity index (χ4v) is 8.56. The quantitative estimate of drug-likeness (QED) is 0.605. The van der Waals surface area contributed by atoms with Gasteiger partial charge in [0.15, 0.2) is 7.83 Å². The van der Waals surface area contributed by atoms with E-state index in [1.54, 1.807) is 0 Å².